The summed E-state index contributed by atoms with van der Waals surface area (Å²) < 4.78 is 10.6. The van der Waals surface area contributed by atoms with E-state index in [-0.39, 0.29) is 0 Å². The summed E-state index contributed by atoms with van der Waals surface area (Å²) in [4.78, 5) is 8.96. The lowest BCUT2D eigenvalue weighted by Gasteiger charge is -2.13. The largest absolute Gasteiger partial charge is 0.493 e. The minimum atomic E-state index is 0.655. The molecule has 0 fully saturated rings. The second-order valence-corrected chi connectivity index (χ2v) is 6.32. The van der Waals surface area contributed by atoms with E-state index in [2.05, 4.69) is 52.6 Å². The van der Waals surface area contributed by atoms with Gasteiger partial charge in [0.2, 0.25) is 0 Å². The molecule has 27 heavy (non-hydrogen) atoms. The fourth-order valence-electron chi connectivity index (χ4n) is 2.85. The molecule has 0 aliphatic heterocycles. The summed E-state index contributed by atoms with van der Waals surface area (Å²) in [6.45, 7) is 6.02. The predicted octanol–water partition coefficient (Wildman–Crippen LogP) is 4.91. The molecule has 0 spiro atoms. The zero-order valence-electron chi connectivity index (χ0n) is 16.3. The van der Waals surface area contributed by atoms with E-state index in [0.717, 1.165) is 17.2 Å². The van der Waals surface area contributed by atoms with Crippen molar-refractivity contribution in [2.24, 2.45) is 0 Å². The third-order valence-corrected chi connectivity index (χ3v) is 4.14. The maximum absolute atomic E-state index is 5.35. The standard InChI is InChI=1S/C21H24N4O2/c1-13-6-8-17(14(2)10-13)25-21-12-20(22-15(3)23-21)24-16-7-9-18(26-4)19(11-16)27-5/h6-12H,1-5H3,(H2,22,23,24,25). The van der Waals surface area contributed by atoms with Gasteiger partial charge in [-0.15, -0.1) is 0 Å². The van der Waals surface area contributed by atoms with E-state index < -0.39 is 0 Å². The summed E-state index contributed by atoms with van der Waals surface area (Å²) in [5, 5.41) is 6.67. The summed E-state index contributed by atoms with van der Waals surface area (Å²) in [7, 11) is 3.23. The SMILES string of the molecule is COc1ccc(Nc2cc(Nc3ccc(C)cc3C)nc(C)n2)cc1OC. The highest BCUT2D eigenvalue weighted by Crippen LogP contribution is 2.31. The Morgan fingerprint density at radius 3 is 2.11 bits per heavy atom. The number of hydrogen-bond acceptors (Lipinski definition) is 6. The number of anilines is 4. The minimum absolute atomic E-state index is 0.655. The van der Waals surface area contributed by atoms with Crippen LogP contribution in [-0.2, 0) is 0 Å². The van der Waals surface area contributed by atoms with Gasteiger partial charge in [0.15, 0.2) is 11.5 Å². The number of hydrogen-bond donors (Lipinski definition) is 2. The lowest BCUT2D eigenvalue weighted by molar-refractivity contribution is 0.355. The molecule has 3 rings (SSSR count). The van der Waals surface area contributed by atoms with Gasteiger partial charge in [0, 0.05) is 23.5 Å². The third-order valence-electron chi connectivity index (χ3n) is 4.14. The summed E-state index contributed by atoms with van der Waals surface area (Å²) in [5.74, 6) is 3.44. The Hall–Kier alpha value is -3.28. The Morgan fingerprint density at radius 1 is 0.741 bits per heavy atom. The van der Waals surface area contributed by atoms with Crippen LogP contribution in [0.4, 0.5) is 23.0 Å². The Kier molecular flexibility index (Phi) is 5.45. The van der Waals surface area contributed by atoms with E-state index in [0.29, 0.717) is 23.1 Å². The molecule has 1 aromatic heterocycles. The van der Waals surface area contributed by atoms with E-state index in [9.17, 15) is 0 Å². The quantitative estimate of drug-likeness (QED) is 0.648. The van der Waals surface area contributed by atoms with Crippen LogP contribution in [0.1, 0.15) is 17.0 Å². The summed E-state index contributed by atoms with van der Waals surface area (Å²) >= 11 is 0. The molecule has 140 valence electrons. The first-order valence-electron chi connectivity index (χ1n) is 8.67. The minimum Gasteiger partial charge on any atom is -0.493 e. The van der Waals surface area contributed by atoms with Crippen molar-refractivity contribution in [1.82, 2.24) is 9.97 Å². The fraction of sp³-hybridized carbons (Fsp3) is 0.238. The van der Waals surface area contributed by atoms with Gasteiger partial charge in [-0.25, -0.2) is 9.97 Å². The second kappa shape index (κ2) is 7.95. The van der Waals surface area contributed by atoms with Gasteiger partial charge in [-0.3, -0.25) is 0 Å². The topological polar surface area (TPSA) is 68.3 Å². The summed E-state index contributed by atoms with van der Waals surface area (Å²) in [6.07, 6.45) is 0. The predicted molar refractivity (Wildman–Crippen MR) is 109 cm³/mol. The number of ether oxygens (including phenoxy) is 2. The number of benzene rings is 2. The van der Waals surface area contributed by atoms with Crippen LogP contribution in [0.5, 0.6) is 11.5 Å². The van der Waals surface area contributed by atoms with Crippen molar-refractivity contribution in [2.45, 2.75) is 20.8 Å². The number of nitrogens with one attached hydrogen (secondary N) is 2. The van der Waals surface area contributed by atoms with E-state index in [1.807, 2.05) is 31.2 Å². The van der Waals surface area contributed by atoms with Crippen molar-refractivity contribution >= 4 is 23.0 Å². The van der Waals surface area contributed by atoms with Gasteiger partial charge in [-0.1, -0.05) is 17.7 Å². The molecule has 0 aliphatic carbocycles. The van der Waals surface area contributed by atoms with Crippen molar-refractivity contribution in [3.63, 3.8) is 0 Å². The number of aryl methyl sites for hydroxylation is 3. The van der Waals surface area contributed by atoms with Crippen molar-refractivity contribution in [3.8, 4) is 11.5 Å². The van der Waals surface area contributed by atoms with Crippen LogP contribution in [0.25, 0.3) is 0 Å². The van der Waals surface area contributed by atoms with Gasteiger partial charge in [-0.05, 0) is 44.5 Å². The Labute approximate surface area is 159 Å². The number of methoxy groups -OCH3 is 2. The molecule has 2 aromatic carbocycles. The van der Waals surface area contributed by atoms with Crippen LogP contribution < -0.4 is 20.1 Å². The fourth-order valence-corrected chi connectivity index (χ4v) is 2.85. The lowest BCUT2D eigenvalue weighted by atomic mass is 10.1. The van der Waals surface area contributed by atoms with E-state index in [1.165, 1.54) is 11.1 Å². The van der Waals surface area contributed by atoms with E-state index in [4.69, 9.17) is 9.47 Å². The molecule has 0 radical (unpaired) electrons. The van der Waals surface area contributed by atoms with Gasteiger partial charge < -0.3 is 20.1 Å². The highest BCUT2D eigenvalue weighted by Gasteiger charge is 2.08. The van der Waals surface area contributed by atoms with Crippen molar-refractivity contribution in [3.05, 3.63) is 59.4 Å². The maximum atomic E-state index is 5.35. The van der Waals surface area contributed by atoms with Gasteiger partial charge >= 0.3 is 0 Å². The number of aromatic nitrogens is 2. The molecule has 0 saturated heterocycles. The molecular formula is C21H24N4O2. The molecule has 6 nitrogen and oxygen atoms in total. The smallest absolute Gasteiger partial charge is 0.162 e. The molecule has 0 bridgehead atoms. The molecule has 6 heteroatoms. The van der Waals surface area contributed by atoms with Gasteiger partial charge in [-0.2, -0.15) is 0 Å². The highest BCUT2D eigenvalue weighted by atomic mass is 16.5. The van der Waals surface area contributed by atoms with Gasteiger partial charge in [0.05, 0.1) is 14.2 Å². The van der Waals surface area contributed by atoms with Crippen LogP contribution in [0.3, 0.4) is 0 Å². The zero-order valence-corrected chi connectivity index (χ0v) is 16.3. The zero-order chi connectivity index (χ0) is 19.4. The molecule has 0 aliphatic rings. The summed E-state index contributed by atoms with van der Waals surface area (Å²) in [6, 6.07) is 13.8. The normalized spacial score (nSPS) is 10.4. The summed E-state index contributed by atoms with van der Waals surface area (Å²) in [5.41, 5.74) is 4.27. The monoisotopic (exact) mass is 364 g/mol. The molecule has 3 aromatic rings. The molecule has 0 amide bonds. The first kappa shape index (κ1) is 18.5. The van der Waals surface area contributed by atoms with Crippen molar-refractivity contribution < 1.29 is 9.47 Å². The van der Waals surface area contributed by atoms with E-state index >= 15 is 0 Å². The molecule has 0 saturated carbocycles. The third kappa shape index (κ3) is 4.47. The number of rotatable bonds is 6. The van der Waals surface area contributed by atoms with Gasteiger partial charge in [0.1, 0.15) is 17.5 Å². The molecule has 0 unspecified atom stereocenters. The lowest BCUT2D eigenvalue weighted by Crippen LogP contribution is -2.02. The van der Waals surface area contributed by atoms with Crippen LogP contribution >= 0.6 is 0 Å². The van der Waals surface area contributed by atoms with Crippen molar-refractivity contribution in [2.75, 3.05) is 24.9 Å². The van der Waals surface area contributed by atoms with Crippen LogP contribution in [0, 0.1) is 20.8 Å². The van der Waals surface area contributed by atoms with Crippen LogP contribution in [0.15, 0.2) is 42.5 Å². The van der Waals surface area contributed by atoms with E-state index in [1.54, 1.807) is 14.2 Å². The highest BCUT2D eigenvalue weighted by molar-refractivity contribution is 5.66. The molecule has 0 atom stereocenters. The molecular weight excluding hydrogens is 340 g/mol. The maximum Gasteiger partial charge on any atom is 0.162 e. The Balaban J connectivity index is 1.85. The Bertz CT molecular complexity index is 957. The first-order chi connectivity index (χ1) is 13.0. The van der Waals surface area contributed by atoms with Crippen LogP contribution in [-0.4, -0.2) is 24.2 Å². The average Bonchev–Trinajstić information content (AvgIpc) is 2.63. The molecule has 1 heterocycles. The second-order valence-electron chi connectivity index (χ2n) is 6.32. The molecule has 2 N–H and O–H groups in total. The average molecular weight is 364 g/mol. The van der Waals surface area contributed by atoms with Gasteiger partial charge in [0.25, 0.3) is 0 Å². The van der Waals surface area contributed by atoms with Crippen molar-refractivity contribution in [1.29, 1.82) is 0 Å². The first-order valence-corrected chi connectivity index (χ1v) is 8.67. The van der Waals surface area contributed by atoms with Crippen LogP contribution in [0.2, 0.25) is 0 Å². The number of nitrogens with zero attached hydrogens (tertiary/aromatic N) is 2. The Morgan fingerprint density at radius 2 is 1.44 bits per heavy atom.